The van der Waals surface area contributed by atoms with Gasteiger partial charge in [0.15, 0.2) is 0 Å². The maximum absolute atomic E-state index is 12.3. The zero-order valence-corrected chi connectivity index (χ0v) is 17.7. The Morgan fingerprint density at radius 2 is 1.83 bits per heavy atom. The van der Waals surface area contributed by atoms with Crippen LogP contribution in [0.25, 0.3) is 0 Å². The van der Waals surface area contributed by atoms with Crippen LogP contribution in [0, 0.1) is 10.1 Å². The summed E-state index contributed by atoms with van der Waals surface area (Å²) in [6.45, 7) is 4.12. The highest BCUT2D eigenvalue weighted by Gasteiger charge is 2.25. The van der Waals surface area contributed by atoms with E-state index in [1.165, 1.54) is 0 Å². The van der Waals surface area contributed by atoms with E-state index in [0.717, 1.165) is 11.9 Å². The number of hydrazine groups is 1. The Balaban J connectivity index is 1.81. The normalized spacial score (nSPS) is 10.5. The van der Waals surface area contributed by atoms with Crippen LogP contribution in [-0.4, -0.2) is 20.8 Å². The van der Waals surface area contributed by atoms with Gasteiger partial charge >= 0.3 is 11.6 Å². The van der Waals surface area contributed by atoms with Crippen molar-refractivity contribution in [3.8, 4) is 11.6 Å². The van der Waals surface area contributed by atoms with Crippen LogP contribution in [-0.2, 0) is 0 Å². The van der Waals surface area contributed by atoms with Crippen LogP contribution < -0.4 is 15.6 Å². The van der Waals surface area contributed by atoms with Crippen molar-refractivity contribution in [2.24, 2.45) is 0 Å². The largest absolute Gasteiger partial charge is 0.434 e. The van der Waals surface area contributed by atoms with E-state index in [1.54, 1.807) is 36.4 Å². The lowest BCUT2D eigenvalue weighted by Gasteiger charge is -2.11. The number of rotatable bonds is 7. The fourth-order valence-electron chi connectivity index (χ4n) is 2.55. The second kappa shape index (κ2) is 9.31. The first kappa shape index (κ1) is 21.2. The van der Waals surface area contributed by atoms with Crippen LogP contribution in [0.2, 0.25) is 0 Å². The molecule has 0 saturated carbocycles. The summed E-state index contributed by atoms with van der Waals surface area (Å²) >= 11 is 3.28. The van der Waals surface area contributed by atoms with E-state index in [-0.39, 0.29) is 11.7 Å². The van der Waals surface area contributed by atoms with Gasteiger partial charge in [-0.3, -0.25) is 25.8 Å². The fourth-order valence-corrected chi connectivity index (χ4v) is 3.02. The predicted molar refractivity (Wildman–Crippen MR) is 115 cm³/mol. The van der Waals surface area contributed by atoms with E-state index in [2.05, 4.69) is 50.6 Å². The molecule has 9 nitrogen and oxygen atoms in total. The summed E-state index contributed by atoms with van der Waals surface area (Å²) in [4.78, 5) is 31.0. The highest BCUT2D eigenvalue weighted by molar-refractivity contribution is 9.10. The van der Waals surface area contributed by atoms with Crippen LogP contribution in [0.15, 0.2) is 59.3 Å². The maximum atomic E-state index is 12.3. The first-order chi connectivity index (χ1) is 14.4. The fraction of sp³-hybridized carbons (Fsp3) is 0.150. The Labute approximate surface area is 180 Å². The van der Waals surface area contributed by atoms with Crippen LogP contribution in [0.1, 0.15) is 35.7 Å². The summed E-state index contributed by atoms with van der Waals surface area (Å²) in [7, 11) is 0. The van der Waals surface area contributed by atoms with Gasteiger partial charge in [0.1, 0.15) is 12.1 Å². The number of nitrogens with one attached hydrogen (secondary N) is 2. The maximum Gasteiger partial charge on any atom is 0.374 e. The van der Waals surface area contributed by atoms with Gasteiger partial charge in [-0.1, -0.05) is 38.1 Å². The zero-order valence-electron chi connectivity index (χ0n) is 16.1. The molecular weight excluding hydrogens is 454 g/mol. The third-order valence-electron chi connectivity index (χ3n) is 4.15. The molecule has 30 heavy (non-hydrogen) atoms. The summed E-state index contributed by atoms with van der Waals surface area (Å²) in [5, 5.41) is 11.6. The highest BCUT2D eigenvalue weighted by atomic mass is 79.9. The van der Waals surface area contributed by atoms with Crippen molar-refractivity contribution < 1.29 is 14.5 Å². The van der Waals surface area contributed by atoms with Gasteiger partial charge in [0.25, 0.3) is 5.91 Å². The third kappa shape index (κ3) is 4.90. The summed E-state index contributed by atoms with van der Waals surface area (Å²) in [5.41, 5.74) is 5.83. The van der Waals surface area contributed by atoms with Crippen LogP contribution in [0.4, 0.5) is 11.5 Å². The standard InChI is InChI=1S/C20H18BrN5O4/c1-12(2)13-7-9-14(10-8-13)30-20-17(26(28)29)18(22-11-23-20)24-25-19(27)15-5-3-4-6-16(15)21/h3-12H,1-2H3,(H,25,27)(H,22,23,24). The van der Waals surface area contributed by atoms with Gasteiger partial charge < -0.3 is 4.74 Å². The molecule has 1 heterocycles. The summed E-state index contributed by atoms with van der Waals surface area (Å²) in [5.74, 6) is -0.211. The van der Waals surface area contributed by atoms with Crippen molar-refractivity contribution in [2.75, 3.05) is 5.43 Å². The molecule has 3 rings (SSSR count). The lowest BCUT2D eigenvalue weighted by atomic mass is 10.0. The number of hydrogen-bond donors (Lipinski definition) is 2. The topological polar surface area (TPSA) is 119 Å². The zero-order chi connectivity index (χ0) is 21.7. The molecule has 10 heteroatoms. The van der Waals surface area contributed by atoms with Gasteiger partial charge in [-0.25, -0.2) is 4.98 Å². The average molecular weight is 472 g/mol. The number of anilines is 1. The molecule has 0 spiro atoms. The van der Waals surface area contributed by atoms with Gasteiger partial charge in [0, 0.05) is 4.47 Å². The Kier molecular flexibility index (Phi) is 6.58. The molecule has 0 bridgehead atoms. The number of carbonyl (C=O) groups is 1. The van der Waals surface area contributed by atoms with Crippen molar-refractivity contribution >= 4 is 33.3 Å². The number of nitrogens with zero attached hydrogens (tertiary/aromatic N) is 3. The minimum atomic E-state index is -0.676. The van der Waals surface area contributed by atoms with E-state index in [4.69, 9.17) is 4.74 Å². The molecule has 0 fully saturated rings. The van der Waals surface area contributed by atoms with Crippen molar-refractivity contribution in [3.63, 3.8) is 0 Å². The van der Waals surface area contributed by atoms with E-state index >= 15 is 0 Å². The lowest BCUT2D eigenvalue weighted by Crippen LogP contribution is -2.30. The molecule has 2 aromatic carbocycles. The van der Waals surface area contributed by atoms with E-state index in [1.807, 2.05) is 12.1 Å². The van der Waals surface area contributed by atoms with Crippen molar-refractivity contribution in [1.29, 1.82) is 0 Å². The molecule has 0 aliphatic carbocycles. The minimum absolute atomic E-state index is 0.204. The third-order valence-corrected chi connectivity index (χ3v) is 4.84. The Bertz CT molecular complexity index is 1070. The SMILES string of the molecule is CC(C)c1ccc(Oc2ncnc(NNC(=O)c3ccccc3Br)c2[N+](=O)[O-])cc1. The molecular formula is C20H18BrN5O4. The molecule has 2 N–H and O–H groups in total. The van der Waals surface area contributed by atoms with Crippen molar-refractivity contribution in [1.82, 2.24) is 15.4 Å². The number of nitro groups is 1. The Morgan fingerprint density at radius 3 is 2.47 bits per heavy atom. The molecule has 0 radical (unpaired) electrons. The average Bonchev–Trinajstić information content (AvgIpc) is 2.72. The first-order valence-electron chi connectivity index (χ1n) is 8.95. The van der Waals surface area contributed by atoms with Gasteiger partial charge in [0.2, 0.25) is 5.82 Å². The number of carbonyl (C=O) groups excluding carboxylic acids is 1. The predicted octanol–water partition coefficient (Wildman–Crippen LogP) is 4.82. The van der Waals surface area contributed by atoms with Gasteiger partial charge in [-0.2, -0.15) is 4.98 Å². The minimum Gasteiger partial charge on any atom is -0.434 e. The lowest BCUT2D eigenvalue weighted by molar-refractivity contribution is -0.385. The molecule has 1 aromatic heterocycles. The number of benzene rings is 2. The van der Waals surface area contributed by atoms with E-state index in [9.17, 15) is 14.9 Å². The van der Waals surface area contributed by atoms with Gasteiger partial charge in [0.05, 0.1) is 10.5 Å². The molecule has 3 aromatic rings. The monoisotopic (exact) mass is 471 g/mol. The second-order valence-corrected chi connectivity index (χ2v) is 7.37. The number of hydrogen-bond acceptors (Lipinski definition) is 7. The highest BCUT2D eigenvalue weighted by Crippen LogP contribution is 2.34. The van der Waals surface area contributed by atoms with Crippen molar-refractivity contribution in [2.45, 2.75) is 19.8 Å². The van der Waals surface area contributed by atoms with Crippen LogP contribution >= 0.6 is 15.9 Å². The molecule has 0 unspecified atom stereocenters. The summed E-state index contributed by atoms with van der Waals surface area (Å²) < 4.78 is 6.18. The summed E-state index contributed by atoms with van der Waals surface area (Å²) in [6, 6.07) is 14.0. The molecule has 0 aliphatic heterocycles. The first-order valence-corrected chi connectivity index (χ1v) is 9.74. The molecule has 1 amide bonds. The number of halogens is 1. The molecule has 0 aliphatic rings. The second-order valence-electron chi connectivity index (χ2n) is 6.52. The van der Waals surface area contributed by atoms with Crippen molar-refractivity contribution in [3.05, 3.63) is 80.6 Å². The van der Waals surface area contributed by atoms with Crippen LogP contribution in [0.5, 0.6) is 11.6 Å². The Morgan fingerprint density at radius 1 is 1.13 bits per heavy atom. The molecule has 0 atom stereocenters. The number of ether oxygens (including phenoxy) is 1. The van der Waals surface area contributed by atoms with Gasteiger partial charge in [-0.05, 0) is 51.7 Å². The number of amides is 1. The number of aromatic nitrogens is 2. The molecule has 154 valence electrons. The van der Waals surface area contributed by atoms with E-state index < -0.39 is 16.5 Å². The summed E-state index contributed by atoms with van der Waals surface area (Å²) in [6.07, 6.45) is 1.11. The Hall–Kier alpha value is -3.53. The van der Waals surface area contributed by atoms with E-state index in [0.29, 0.717) is 21.7 Å². The van der Waals surface area contributed by atoms with Crippen LogP contribution in [0.3, 0.4) is 0 Å². The smallest absolute Gasteiger partial charge is 0.374 e. The molecule has 0 saturated heterocycles. The van der Waals surface area contributed by atoms with Gasteiger partial charge in [-0.15, -0.1) is 0 Å². The quantitative estimate of drug-likeness (QED) is 0.374.